The molecule has 1 aliphatic rings. The molecule has 0 aromatic carbocycles. The fourth-order valence-corrected chi connectivity index (χ4v) is 2.11. The molecular weight excluding hydrogens is 249 g/mol. The number of pyridine rings is 1. The Morgan fingerprint density at radius 1 is 1.63 bits per heavy atom. The maximum absolute atomic E-state index is 13.1. The molecule has 1 fully saturated rings. The molecule has 5 nitrogen and oxygen atoms in total. The summed E-state index contributed by atoms with van der Waals surface area (Å²) in [5, 5.41) is 5.56. The minimum Gasteiger partial charge on any atom is -0.381 e. The van der Waals surface area contributed by atoms with Crippen molar-refractivity contribution < 1.29 is 13.9 Å². The van der Waals surface area contributed by atoms with Crippen LogP contribution in [0, 0.1) is 11.7 Å². The van der Waals surface area contributed by atoms with Crippen molar-refractivity contribution in [2.24, 2.45) is 5.92 Å². The number of halogens is 1. The van der Waals surface area contributed by atoms with Gasteiger partial charge in [-0.15, -0.1) is 0 Å². The fraction of sp³-hybridized carbons (Fsp3) is 0.538. The predicted octanol–water partition coefficient (Wildman–Crippen LogP) is 1.42. The molecular formula is C13H18FN3O2. The van der Waals surface area contributed by atoms with Gasteiger partial charge in [0, 0.05) is 26.8 Å². The first-order chi connectivity index (χ1) is 9.20. The first-order valence-electron chi connectivity index (χ1n) is 6.40. The third-order valence-corrected chi connectivity index (χ3v) is 3.20. The number of carbonyl (C=O) groups excluding carboxylic acids is 1. The molecule has 0 spiro atoms. The number of carbonyl (C=O) groups is 1. The van der Waals surface area contributed by atoms with Crippen LogP contribution in [0.1, 0.15) is 23.2 Å². The maximum atomic E-state index is 13.1. The Labute approximate surface area is 111 Å². The molecule has 1 saturated heterocycles. The SMILES string of the molecule is CNc1ncc(F)cc1C(=O)NCCC1CCOC1. The Bertz CT molecular complexity index is 448. The monoisotopic (exact) mass is 267 g/mol. The maximum Gasteiger partial charge on any atom is 0.255 e. The van der Waals surface area contributed by atoms with E-state index >= 15 is 0 Å². The Morgan fingerprint density at radius 3 is 3.16 bits per heavy atom. The van der Waals surface area contributed by atoms with Gasteiger partial charge >= 0.3 is 0 Å². The summed E-state index contributed by atoms with van der Waals surface area (Å²) >= 11 is 0. The Morgan fingerprint density at radius 2 is 2.47 bits per heavy atom. The number of anilines is 1. The lowest BCUT2D eigenvalue weighted by molar-refractivity contribution is 0.0950. The molecule has 1 atom stereocenters. The largest absolute Gasteiger partial charge is 0.381 e. The smallest absolute Gasteiger partial charge is 0.255 e. The Kier molecular flexibility index (Phi) is 4.68. The van der Waals surface area contributed by atoms with E-state index in [1.807, 2.05) is 0 Å². The highest BCUT2D eigenvalue weighted by molar-refractivity contribution is 5.98. The molecule has 0 radical (unpaired) electrons. The van der Waals surface area contributed by atoms with Crippen LogP contribution < -0.4 is 10.6 Å². The first kappa shape index (κ1) is 13.7. The second kappa shape index (κ2) is 6.47. The van der Waals surface area contributed by atoms with Crippen LogP contribution in [0.25, 0.3) is 0 Å². The molecule has 1 aromatic rings. The average molecular weight is 267 g/mol. The minimum atomic E-state index is -0.520. The quantitative estimate of drug-likeness (QED) is 0.847. The van der Waals surface area contributed by atoms with Gasteiger partial charge in [0.25, 0.3) is 5.91 Å². The topological polar surface area (TPSA) is 63.2 Å². The van der Waals surface area contributed by atoms with Crippen LogP contribution in [-0.2, 0) is 4.74 Å². The zero-order valence-corrected chi connectivity index (χ0v) is 10.9. The van der Waals surface area contributed by atoms with E-state index in [1.165, 1.54) is 6.07 Å². The summed E-state index contributed by atoms with van der Waals surface area (Å²) in [6, 6.07) is 1.19. The molecule has 2 N–H and O–H groups in total. The zero-order valence-electron chi connectivity index (χ0n) is 10.9. The van der Waals surface area contributed by atoms with Crippen LogP contribution in [0.4, 0.5) is 10.2 Å². The summed E-state index contributed by atoms with van der Waals surface area (Å²) in [4.78, 5) is 15.8. The normalized spacial score (nSPS) is 18.3. The highest BCUT2D eigenvalue weighted by atomic mass is 19.1. The molecule has 19 heavy (non-hydrogen) atoms. The molecule has 2 rings (SSSR count). The zero-order chi connectivity index (χ0) is 13.7. The van der Waals surface area contributed by atoms with Gasteiger partial charge in [-0.05, 0) is 24.8 Å². The summed E-state index contributed by atoms with van der Waals surface area (Å²) in [7, 11) is 1.65. The van der Waals surface area contributed by atoms with E-state index in [-0.39, 0.29) is 11.5 Å². The van der Waals surface area contributed by atoms with Crippen LogP contribution in [-0.4, -0.2) is 37.7 Å². The standard InChI is InChI=1S/C13H18FN3O2/c1-15-12-11(6-10(14)7-17-12)13(18)16-4-2-9-3-5-19-8-9/h6-7,9H,2-5,8H2,1H3,(H,15,17)(H,16,18). The molecule has 6 heteroatoms. The van der Waals surface area contributed by atoms with Crippen LogP contribution in [0.2, 0.25) is 0 Å². The number of nitrogens with zero attached hydrogens (tertiary/aromatic N) is 1. The third kappa shape index (κ3) is 3.64. The van der Waals surface area contributed by atoms with Crippen molar-refractivity contribution in [2.45, 2.75) is 12.8 Å². The average Bonchev–Trinajstić information content (AvgIpc) is 2.91. The van der Waals surface area contributed by atoms with Crippen LogP contribution in [0.3, 0.4) is 0 Å². The van der Waals surface area contributed by atoms with Crippen molar-refractivity contribution in [1.82, 2.24) is 10.3 Å². The number of nitrogens with one attached hydrogen (secondary N) is 2. The summed E-state index contributed by atoms with van der Waals surface area (Å²) in [5.74, 6) is 0.0569. The van der Waals surface area contributed by atoms with Gasteiger partial charge in [0.05, 0.1) is 11.8 Å². The second-order valence-corrected chi connectivity index (χ2v) is 4.57. The van der Waals surface area contributed by atoms with Gasteiger partial charge in [0.15, 0.2) is 0 Å². The number of hydrogen-bond acceptors (Lipinski definition) is 4. The molecule has 1 amide bonds. The van der Waals surface area contributed by atoms with Crippen molar-refractivity contribution >= 4 is 11.7 Å². The van der Waals surface area contributed by atoms with Gasteiger partial charge in [-0.2, -0.15) is 0 Å². The number of hydrogen-bond donors (Lipinski definition) is 2. The lowest BCUT2D eigenvalue weighted by Gasteiger charge is -2.11. The van der Waals surface area contributed by atoms with Crippen molar-refractivity contribution in [3.8, 4) is 0 Å². The number of aromatic nitrogens is 1. The van der Waals surface area contributed by atoms with Crippen molar-refractivity contribution in [1.29, 1.82) is 0 Å². The first-order valence-corrected chi connectivity index (χ1v) is 6.40. The van der Waals surface area contributed by atoms with E-state index in [0.29, 0.717) is 18.3 Å². The van der Waals surface area contributed by atoms with E-state index in [4.69, 9.17) is 4.74 Å². The van der Waals surface area contributed by atoms with E-state index in [2.05, 4.69) is 15.6 Å². The van der Waals surface area contributed by atoms with E-state index in [9.17, 15) is 9.18 Å². The molecule has 1 unspecified atom stereocenters. The van der Waals surface area contributed by atoms with Gasteiger partial charge in [-0.3, -0.25) is 4.79 Å². The molecule has 0 aliphatic carbocycles. The second-order valence-electron chi connectivity index (χ2n) is 4.57. The number of ether oxygens (including phenoxy) is 1. The van der Waals surface area contributed by atoms with E-state index < -0.39 is 5.82 Å². The molecule has 0 saturated carbocycles. The molecule has 104 valence electrons. The van der Waals surface area contributed by atoms with Crippen molar-refractivity contribution in [3.63, 3.8) is 0 Å². The van der Waals surface area contributed by atoms with Crippen LogP contribution >= 0.6 is 0 Å². The van der Waals surface area contributed by atoms with Gasteiger partial charge in [-0.25, -0.2) is 9.37 Å². The van der Waals surface area contributed by atoms with Gasteiger partial charge in [0.2, 0.25) is 0 Å². The number of rotatable bonds is 5. The highest BCUT2D eigenvalue weighted by Gasteiger charge is 2.17. The van der Waals surface area contributed by atoms with E-state index in [1.54, 1.807) is 7.05 Å². The van der Waals surface area contributed by atoms with Gasteiger partial charge in [0.1, 0.15) is 11.6 Å². The molecule has 2 heterocycles. The van der Waals surface area contributed by atoms with Crippen molar-refractivity contribution in [3.05, 3.63) is 23.6 Å². The lowest BCUT2D eigenvalue weighted by Crippen LogP contribution is -2.27. The minimum absolute atomic E-state index is 0.227. The Balaban J connectivity index is 1.89. The van der Waals surface area contributed by atoms with Crippen LogP contribution in [0.15, 0.2) is 12.3 Å². The highest BCUT2D eigenvalue weighted by Crippen LogP contribution is 2.16. The Hall–Kier alpha value is -1.69. The molecule has 0 bridgehead atoms. The number of amides is 1. The molecule has 1 aromatic heterocycles. The van der Waals surface area contributed by atoms with Crippen molar-refractivity contribution in [2.75, 3.05) is 32.1 Å². The lowest BCUT2D eigenvalue weighted by atomic mass is 10.1. The fourth-order valence-electron chi connectivity index (χ4n) is 2.11. The summed E-state index contributed by atoms with van der Waals surface area (Å²) in [6.07, 6.45) is 3.00. The summed E-state index contributed by atoms with van der Waals surface area (Å²) in [5.41, 5.74) is 0.227. The molecule has 1 aliphatic heterocycles. The third-order valence-electron chi connectivity index (χ3n) is 3.20. The van der Waals surface area contributed by atoms with Gasteiger partial charge in [-0.1, -0.05) is 0 Å². The summed E-state index contributed by atoms with van der Waals surface area (Å²) in [6.45, 7) is 2.13. The van der Waals surface area contributed by atoms with Crippen LogP contribution in [0.5, 0.6) is 0 Å². The predicted molar refractivity (Wildman–Crippen MR) is 69.6 cm³/mol. The van der Waals surface area contributed by atoms with Gasteiger partial charge < -0.3 is 15.4 Å². The van der Waals surface area contributed by atoms with E-state index in [0.717, 1.165) is 32.3 Å². The summed E-state index contributed by atoms with van der Waals surface area (Å²) < 4.78 is 18.4.